The van der Waals surface area contributed by atoms with Crippen LogP contribution in [0.15, 0.2) is 88.2 Å². The van der Waals surface area contributed by atoms with Crippen molar-refractivity contribution in [2.45, 2.75) is 13.1 Å². The van der Waals surface area contributed by atoms with Crippen LogP contribution in [0, 0.1) is 0 Å². The van der Waals surface area contributed by atoms with E-state index in [4.69, 9.17) is 16.0 Å². The van der Waals surface area contributed by atoms with Crippen molar-refractivity contribution in [3.8, 4) is 11.3 Å². The van der Waals surface area contributed by atoms with E-state index in [9.17, 15) is 9.59 Å². The van der Waals surface area contributed by atoms with Gasteiger partial charge >= 0.3 is 5.76 Å². The standard InChI is InChI=1S/C24H18ClN5O3/c25-18-5-3-4-16(12-18)14-29(19-10-8-17(9-11-19)22-13-26-24(32)33-22)23(31)15-30-21-7-2-1-6-20(21)27-28-30/h1-13H,14-15H2,(H,26,32). The number of amides is 1. The molecule has 0 aliphatic rings. The molecule has 1 amide bonds. The molecule has 0 atom stereocenters. The Morgan fingerprint density at radius 2 is 1.88 bits per heavy atom. The van der Waals surface area contributed by atoms with Crippen LogP contribution in [0.1, 0.15) is 5.56 Å². The van der Waals surface area contributed by atoms with Gasteiger partial charge in [-0.05, 0) is 54.1 Å². The summed E-state index contributed by atoms with van der Waals surface area (Å²) in [5, 5.41) is 8.87. The van der Waals surface area contributed by atoms with E-state index in [-0.39, 0.29) is 12.5 Å². The number of hydrogen-bond acceptors (Lipinski definition) is 5. The Hall–Kier alpha value is -4.17. The Balaban J connectivity index is 1.47. The average Bonchev–Trinajstić information content (AvgIpc) is 3.44. The van der Waals surface area contributed by atoms with Crippen molar-refractivity contribution >= 4 is 34.2 Å². The fourth-order valence-electron chi connectivity index (χ4n) is 3.62. The number of nitrogens with zero attached hydrogens (tertiary/aromatic N) is 4. The highest BCUT2D eigenvalue weighted by Crippen LogP contribution is 2.25. The number of rotatable bonds is 6. The summed E-state index contributed by atoms with van der Waals surface area (Å²) in [5.74, 6) is -0.258. The first-order valence-electron chi connectivity index (χ1n) is 10.2. The molecule has 8 nitrogen and oxygen atoms in total. The van der Waals surface area contributed by atoms with Gasteiger partial charge < -0.3 is 9.32 Å². The molecule has 0 unspecified atom stereocenters. The number of fused-ring (bicyclic) bond motifs is 1. The molecule has 0 aliphatic carbocycles. The first-order valence-corrected chi connectivity index (χ1v) is 10.6. The maximum Gasteiger partial charge on any atom is 0.416 e. The average molecular weight is 460 g/mol. The van der Waals surface area contributed by atoms with Crippen LogP contribution in [0.2, 0.25) is 5.02 Å². The third kappa shape index (κ3) is 4.42. The molecule has 0 aliphatic heterocycles. The van der Waals surface area contributed by atoms with Gasteiger partial charge in [0.15, 0.2) is 5.76 Å². The zero-order valence-electron chi connectivity index (χ0n) is 17.3. The van der Waals surface area contributed by atoms with Crippen LogP contribution in [0.5, 0.6) is 0 Å². The van der Waals surface area contributed by atoms with E-state index in [2.05, 4.69) is 15.3 Å². The molecule has 3 aromatic carbocycles. The fourth-order valence-corrected chi connectivity index (χ4v) is 3.83. The number of halogens is 1. The van der Waals surface area contributed by atoms with Gasteiger partial charge in [0.25, 0.3) is 0 Å². The van der Waals surface area contributed by atoms with Crippen LogP contribution in [-0.2, 0) is 17.9 Å². The normalized spacial score (nSPS) is 11.1. The number of benzene rings is 3. The molecular weight excluding hydrogens is 442 g/mol. The van der Waals surface area contributed by atoms with Crippen LogP contribution < -0.4 is 10.7 Å². The highest BCUT2D eigenvalue weighted by Gasteiger charge is 2.19. The predicted octanol–water partition coefficient (Wildman–Crippen LogP) is 4.27. The van der Waals surface area contributed by atoms with Crippen molar-refractivity contribution in [3.05, 3.63) is 100 Å². The van der Waals surface area contributed by atoms with Crippen LogP contribution in [0.4, 0.5) is 5.69 Å². The Morgan fingerprint density at radius 3 is 2.64 bits per heavy atom. The zero-order valence-corrected chi connectivity index (χ0v) is 18.1. The van der Waals surface area contributed by atoms with E-state index in [0.717, 1.165) is 22.2 Å². The summed E-state index contributed by atoms with van der Waals surface area (Å²) in [5.41, 5.74) is 3.80. The molecule has 2 aromatic heterocycles. The lowest BCUT2D eigenvalue weighted by molar-refractivity contribution is -0.119. The molecule has 0 spiro atoms. The number of aromatic nitrogens is 4. The van der Waals surface area contributed by atoms with Gasteiger partial charge in [-0.3, -0.25) is 9.78 Å². The largest absolute Gasteiger partial charge is 0.416 e. The quantitative estimate of drug-likeness (QED) is 0.409. The summed E-state index contributed by atoms with van der Waals surface area (Å²) in [7, 11) is 0. The second-order valence-electron chi connectivity index (χ2n) is 7.43. The number of oxazole rings is 1. The Morgan fingerprint density at radius 1 is 1.06 bits per heavy atom. The molecule has 164 valence electrons. The molecule has 1 N–H and O–H groups in total. The van der Waals surface area contributed by atoms with E-state index < -0.39 is 5.76 Å². The lowest BCUT2D eigenvalue weighted by atomic mass is 10.1. The van der Waals surface area contributed by atoms with Crippen molar-refractivity contribution in [1.82, 2.24) is 20.0 Å². The number of para-hydroxylation sites is 1. The Labute approximate surface area is 193 Å². The fraction of sp³-hybridized carbons (Fsp3) is 0.0833. The van der Waals surface area contributed by atoms with Gasteiger partial charge in [-0.25, -0.2) is 9.48 Å². The zero-order chi connectivity index (χ0) is 22.8. The van der Waals surface area contributed by atoms with Gasteiger partial charge in [-0.2, -0.15) is 0 Å². The number of nitrogens with one attached hydrogen (secondary N) is 1. The highest BCUT2D eigenvalue weighted by atomic mass is 35.5. The highest BCUT2D eigenvalue weighted by molar-refractivity contribution is 6.30. The maximum absolute atomic E-state index is 13.4. The molecule has 5 aromatic rings. The van der Waals surface area contributed by atoms with E-state index in [1.54, 1.807) is 27.8 Å². The van der Waals surface area contributed by atoms with Gasteiger partial charge in [0, 0.05) is 16.3 Å². The van der Waals surface area contributed by atoms with Crippen LogP contribution >= 0.6 is 11.6 Å². The minimum Gasteiger partial charge on any atom is -0.408 e. The minimum absolute atomic E-state index is 0.0233. The molecule has 5 rings (SSSR count). The Kier molecular flexibility index (Phi) is 5.50. The molecule has 0 radical (unpaired) electrons. The van der Waals surface area contributed by atoms with E-state index in [1.807, 2.05) is 54.6 Å². The molecular formula is C24H18ClN5O3. The van der Waals surface area contributed by atoms with Crippen molar-refractivity contribution in [2.24, 2.45) is 0 Å². The van der Waals surface area contributed by atoms with Gasteiger partial charge in [-0.1, -0.05) is 41.1 Å². The molecule has 33 heavy (non-hydrogen) atoms. The minimum atomic E-state index is -0.521. The van der Waals surface area contributed by atoms with Gasteiger partial charge in [0.05, 0.1) is 18.3 Å². The van der Waals surface area contributed by atoms with Gasteiger partial charge in [0.2, 0.25) is 5.91 Å². The number of carbonyl (C=O) groups is 1. The smallest absolute Gasteiger partial charge is 0.408 e. The number of anilines is 1. The summed E-state index contributed by atoms with van der Waals surface area (Å²) in [4.78, 5) is 28.9. The second kappa shape index (κ2) is 8.76. The SMILES string of the molecule is O=C(Cn1nnc2ccccc21)N(Cc1cccc(Cl)c1)c1ccc(-c2c[nH]c(=O)o2)cc1. The van der Waals surface area contributed by atoms with E-state index in [1.165, 1.54) is 6.20 Å². The van der Waals surface area contributed by atoms with Crippen molar-refractivity contribution < 1.29 is 9.21 Å². The van der Waals surface area contributed by atoms with Crippen LogP contribution in [0.25, 0.3) is 22.4 Å². The number of hydrogen-bond donors (Lipinski definition) is 1. The molecule has 9 heteroatoms. The molecule has 2 heterocycles. The third-order valence-electron chi connectivity index (χ3n) is 5.22. The number of carbonyl (C=O) groups excluding carboxylic acids is 1. The lowest BCUT2D eigenvalue weighted by Crippen LogP contribution is -2.33. The van der Waals surface area contributed by atoms with E-state index >= 15 is 0 Å². The maximum atomic E-state index is 13.4. The summed E-state index contributed by atoms with van der Waals surface area (Å²) in [6, 6.07) is 22.1. The molecule has 0 saturated heterocycles. The van der Waals surface area contributed by atoms with Gasteiger partial charge in [0.1, 0.15) is 12.1 Å². The second-order valence-corrected chi connectivity index (χ2v) is 7.87. The van der Waals surface area contributed by atoms with Gasteiger partial charge in [-0.15, -0.1) is 5.10 Å². The molecule has 0 saturated carbocycles. The molecule has 0 bridgehead atoms. The number of aromatic amines is 1. The summed E-state index contributed by atoms with van der Waals surface area (Å²) < 4.78 is 6.70. The first kappa shape index (κ1) is 20.7. The number of H-pyrrole nitrogens is 1. The summed E-state index contributed by atoms with van der Waals surface area (Å²) >= 11 is 6.16. The predicted molar refractivity (Wildman–Crippen MR) is 125 cm³/mol. The monoisotopic (exact) mass is 459 g/mol. The lowest BCUT2D eigenvalue weighted by Gasteiger charge is -2.23. The van der Waals surface area contributed by atoms with Crippen molar-refractivity contribution in [3.63, 3.8) is 0 Å². The Bertz CT molecular complexity index is 1490. The van der Waals surface area contributed by atoms with Crippen molar-refractivity contribution in [2.75, 3.05) is 4.90 Å². The topological polar surface area (TPSA) is 97.0 Å². The summed E-state index contributed by atoms with van der Waals surface area (Å²) in [6.07, 6.45) is 1.50. The van der Waals surface area contributed by atoms with E-state index in [0.29, 0.717) is 23.0 Å². The van der Waals surface area contributed by atoms with Crippen molar-refractivity contribution in [1.29, 1.82) is 0 Å². The van der Waals surface area contributed by atoms with Crippen LogP contribution in [-0.4, -0.2) is 25.9 Å². The first-order chi connectivity index (χ1) is 16.1. The summed E-state index contributed by atoms with van der Waals surface area (Å²) in [6.45, 7) is 0.347. The van der Waals surface area contributed by atoms with Crippen LogP contribution in [0.3, 0.4) is 0 Å². The molecule has 0 fully saturated rings. The third-order valence-corrected chi connectivity index (χ3v) is 5.46.